The highest BCUT2D eigenvalue weighted by Gasteiger charge is 2.64. The zero-order valence-corrected chi connectivity index (χ0v) is 39.4. The molecule has 4 amide bonds. The second kappa shape index (κ2) is 21.1. The van der Waals surface area contributed by atoms with Crippen LogP contribution in [-0.4, -0.2) is 97.4 Å². The van der Waals surface area contributed by atoms with Crippen molar-refractivity contribution in [2.45, 2.75) is 118 Å². The Hall–Kier alpha value is -5.36. The van der Waals surface area contributed by atoms with Crippen LogP contribution in [0.25, 0.3) is 0 Å². The quantitative estimate of drug-likeness (QED) is 0.0826. The molecule has 1 aliphatic carbocycles. The lowest BCUT2D eigenvalue weighted by Gasteiger charge is -2.63. The second-order valence-electron chi connectivity index (χ2n) is 19.2. The number of halogens is 1. The summed E-state index contributed by atoms with van der Waals surface area (Å²) in [6, 6.07) is 18.1. The van der Waals surface area contributed by atoms with Crippen molar-refractivity contribution >= 4 is 40.9 Å². The van der Waals surface area contributed by atoms with Gasteiger partial charge in [0.2, 0.25) is 17.7 Å². The van der Waals surface area contributed by atoms with E-state index in [-0.39, 0.29) is 55.0 Å². The van der Waals surface area contributed by atoms with Gasteiger partial charge in [0.1, 0.15) is 42.4 Å². The van der Waals surface area contributed by atoms with E-state index < -0.39 is 41.3 Å². The molecule has 0 aromatic heterocycles. The fraction of sp³-hybridized carbons (Fsp3) is 0.531. The number of nitriles is 1. The summed E-state index contributed by atoms with van der Waals surface area (Å²) in [5, 5.41) is 32.4. The number of hydrogen-bond donors (Lipinski definition) is 5. The van der Waals surface area contributed by atoms with E-state index in [0.717, 1.165) is 36.1 Å². The van der Waals surface area contributed by atoms with Crippen molar-refractivity contribution in [3.05, 3.63) is 87.9 Å². The van der Waals surface area contributed by atoms with Gasteiger partial charge in [-0.3, -0.25) is 19.2 Å². The van der Waals surface area contributed by atoms with Crippen molar-refractivity contribution in [1.29, 1.82) is 5.26 Å². The predicted molar refractivity (Wildman–Crippen MR) is 246 cm³/mol. The molecule has 2 aliphatic rings. The number of ether oxygens (including phenoxy) is 3. The molecule has 1 saturated heterocycles. The Morgan fingerprint density at radius 2 is 1.69 bits per heavy atom. The Morgan fingerprint density at radius 3 is 2.33 bits per heavy atom. The number of benzene rings is 3. The maximum Gasteiger partial charge on any atom is 0.251 e. The first-order chi connectivity index (χ1) is 30.2. The monoisotopic (exact) mass is 900 g/mol. The van der Waals surface area contributed by atoms with Crippen LogP contribution in [-0.2, 0) is 25.7 Å². The summed E-state index contributed by atoms with van der Waals surface area (Å²) in [6.07, 6.45) is 1.46. The number of aliphatic hydroxyl groups is 1. The van der Waals surface area contributed by atoms with Gasteiger partial charge in [0.25, 0.3) is 5.91 Å². The Bertz CT molecular complexity index is 2170. The van der Waals surface area contributed by atoms with Gasteiger partial charge >= 0.3 is 0 Å². The van der Waals surface area contributed by atoms with Crippen molar-refractivity contribution in [2.75, 3.05) is 38.7 Å². The minimum absolute atomic E-state index is 0.0169. The minimum Gasteiger partial charge on any atom is -0.496 e. The van der Waals surface area contributed by atoms with E-state index >= 15 is 0 Å². The van der Waals surface area contributed by atoms with Crippen molar-refractivity contribution in [3.8, 4) is 17.6 Å². The highest BCUT2D eigenvalue weighted by Crippen LogP contribution is 2.55. The molecule has 5 rings (SSSR count). The van der Waals surface area contributed by atoms with Gasteiger partial charge in [-0.15, -0.1) is 0 Å². The Balaban J connectivity index is 0.998. The van der Waals surface area contributed by atoms with E-state index in [0.29, 0.717) is 40.8 Å². The molecule has 1 saturated carbocycles. The Kier molecular flexibility index (Phi) is 16.4. The molecular weight excluding hydrogens is 836 g/mol. The number of carbonyl (C=O) groups excluding carboxylic acids is 4. The third-order valence-corrected chi connectivity index (χ3v) is 12.6. The van der Waals surface area contributed by atoms with Crippen molar-refractivity contribution in [3.63, 3.8) is 0 Å². The molecule has 1 heterocycles. The van der Waals surface area contributed by atoms with E-state index in [1.165, 1.54) is 4.90 Å². The van der Waals surface area contributed by atoms with Gasteiger partial charge in [0.15, 0.2) is 0 Å². The summed E-state index contributed by atoms with van der Waals surface area (Å²) in [4.78, 5) is 55.0. The number of carbonyl (C=O) groups is 4. The summed E-state index contributed by atoms with van der Waals surface area (Å²) in [7, 11) is 1.57. The molecule has 2 fully saturated rings. The first kappa shape index (κ1) is 49.7. The lowest BCUT2D eigenvalue weighted by molar-refractivity contribution is -0.164. The third kappa shape index (κ3) is 12.0. The van der Waals surface area contributed by atoms with Gasteiger partial charge < -0.3 is 45.5 Å². The van der Waals surface area contributed by atoms with Crippen LogP contribution in [0.2, 0.25) is 5.02 Å². The van der Waals surface area contributed by atoms with Crippen LogP contribution >= 0.6 is 11.6 Å². The zero-order valence-electron chi connectivity index (χ0n) is 38.6. The maximum atomic E-state index is 13.9. The lowest BCUT2D eigenvalue weighted by Crippen LogP contribution is -2.74. The average Bonchev–Trinajstić information content (AvgIpc) is 3.65. The fourth-order valence-electron chi connectivity index (χ4n) is 9.07. The first-order valence-corrected chi connectivity index (χ1v) is 22.3. The van der Waals surface area contributed by atoms with Gasteiger partial charge in [-0.2, -0.15) is 5.26 Å². The second-order valence-corrected chi connectivity index (χ2v) is 19.6. The number of nitrogens with zero attached hydrogens (tertiary/aromatic N) is 2. The van der Waals surface area contributed by atoms with Crippen LogP contribution in [0.4, 0.5) is 5.69 Å². The standard InChI is InChI=1S/C49H65ClN6O8/c1-30-13-14-33(39(23-30)62-9)27-53-43(60)38-24-35(57)28-56(38)44(61)41(47(2,3)4)54-40(58)29-63-22-12-10-11-21-52-34-18-15-31(16-19-34)42(59)55-45-48(5,6)46(49(45,7)8)64-36-20-17-32(26-51)37(50)25-36/h13-20,23,25,35,38,41,45-46,52,57H,10-12,21-22,24,27-29H2,1-9H3,(H,53,60)(H,54,58)(H,55,59)/t35-,38+,41-,45-,46-/m1/s1. The molecule has 5 N–H and O–H groups in total. The number of rotatable bonds is 19. The molecule has 0 unspecified atom stereocenters. The largest absolute Gasteiger partial charge is 0.496 e. The van der Waals surface area contributed by atoms with Gasteiger partial charge in [0.05, 0.1) is 23.8 Å². The van der Waals surface area contributed by atoms with Gasteiger partial charge in [-0.1, -0.05) is 72.2 Å². The molecule has 3 atom stereocenters. The van der Waals surface area contributed by atoms with Gasteiger partial charge in [0, 0.05) is 72.4 Å². The number of aliphatic hydroxyl groups excluding tert-OH is 1. The highest BCUT2D eigenvalue weighted by molar-refractivity contribution is 6.31. The molecule has 3 aromatic rings. The fourth-order valence-corrected chi connectivity index (χ4v) is 9.29. The topological polar surface area (TPSA) is 191 Å². The molecule has 0 radical (unpaired) electrons. The third-order valence-electron chi connectivity index (χ3n) is 12.3. The van der Waals surface area contributed by atoms with Crippen molar-refractivity contribution in [2.24, 2.45) is 16.2 Å². The number of anilines is 1. The molecule has 1 aliphatic heterocycles. The number of unbranched alkanes of at least 4 members (excludes halogenated alkanes) is 2. The molecule has 15 heteroatoms. The summed E-state index contributed by atoms with van der Waals surface area (Å²) in [5.41, 5.74) is 2.20. The molecular formula is C49H65ClN6O8. The molecule has 64 heavy (non-hydrogen) atoms. The number of methoxy groups -OCH3 is 1. The van der Waals surface area contributed by atoms with Gasteiger partial charge in [-0.25, -0.2) is 0 Å². The first-order valence-electron chi connectivity index (χ1n) is 21.9. The predicted octanol–water partition coefficient (Wildman–Crippen LogP) is 6.55. The SMILES string of the molecule is COc1cc(C)ccc1CNC(=O)[C@@H]1C[C@@H](O)CN1C(=O)[C@@H](NC(=O)COCCCCCNc1ccc(C(=O)N[C@H]2C(C)(C)[C@H](Oc3ccc(C#N)c(Cl)c3)C2(C)C)cc1)C(C)(C)C. The number of aryl methyl sites for hydroxylation is 1. The van der Waals surface area contributed by atoms with Crippen molar-refractivity contribution < 1.29 is 38.5 Å². The molecule has 14 nitrogen and oxygen atoms in total. The van der Waals surface area contributed by atoms with E-state index in [1.807, 2.05) is 58.0 Å². The average molecular weight is 902 g/mol. The lowest BCUT2D eigenvalue weighted by atomic mass is 9.49. The van der Waals surface area contributed by atoms with Crippen LogP contribution < -0.4 is 30.7 Å². The Morgan fingerprint density at radius 1 is 0.984 bits per heavy atom. The van der Waals surface area contributed by atoms with Crippen LogP contribution in [0, 0.1) is 34.5 Å². The number of amides is 4. The summed E-state index contributed by atoms with van der Waals surface area (Å²) >= 11 is 6.23. The smallest absolute Gasteiger partial charge is 0.251 e. The number of likely N-dealkylation sites (tertiary alicyclic amines) is 1. The molecule has 0 spiro atoms. The van der Waals surface area contributed by atoms with Crippen LogP contribution in [0.15, 0.2) is 60.7 Å². The molecule has 3 aromatic carbocycles. The maximum absolute atomic E-state index is 13.9. The number of hydrogen-bond acceptors (Lipinski definition) is 10. The Labute approximate surface area is 382 Å². The van der Waals surface area contributed by atoms with Crippen LogP contribution in [0.1, 0.15) is 101 Å². The van der Waals surface area contributed by atoms with E-state index in [2.05, 4.69) is 55.0 Å². The summed E-state index contributed by atoms with van der Waals surface area (Å²) in [5.74, 6) is -0.212. The van der Waals surface area contributed by atoms with E-state index in [9.17, 15) is 29.5 Å². The normalized spacial score (nSPS) is 20.2. The molecule has 0 bridgehead atoms. The van der Waals surface area contributed by atoms with E-state index in [1.54, 1.807) is 37.4 Å². The number of nitrogens with one attached hydrogen (secondary N) is 4. The van der Waals surface area contributed by atoms with Crippen LogP contribution in [0.3, 0.4) is 0 Å². The highest BCUT2D eigenvalue weighted by atomic mass is 35.5. The van der Waals surface area contributed by atoms with Gasteiger partial charge in [-0.05, 0) is 79.6 Å². The van der Waals surface area contributed by atoms with E-state index in [4.69, 9.17) is 25.8 Å². The van der Waals surface area contributed by atoms with Crippen LogP contribution in [0.5, 0.6) is 11.5 Å². The number of β-amino-alcohol motifs (C(OH)–C–C–N with tert-alkyl or cyclic N) is 1. The summed E-state index contributed by atoms with van der Waals surface area (Å²) in [6.45, 7) is 16.8. The molecule has 346 valence electrons. The van der Waals surface area contributed by atoms with Crippen molar-refractivity contribution in [1.82, 2.24) is 20.9 Å². The minimum atomic E-state index is -0.950. The summed E-state index contributed by atoms with van der Waals surface area (Å²) < 4.78 is 17.5. The zero-order chi connectivity index (χ0) is 47.0.